The highest BCUT2D eigenvalue weighted by atomic mass is 16.6. The summed E-state index contributed by atoms with van der Waals surface area (Å²) in [6.45, 7) is 1.87. The van der Waals surface area contributed by atoms with E-state index in [9.17, 15) is 9.59 Å². The zero-order valence-electron chi connectivity index (χ0n) is 8.53. The number of quaternary nitrogens is 1. The number of nitrogens with zero attached hydrogens (tertiary/aromatic N) is 1. The Bertz CT molecular complexity index is 226. The third-order valence-electron chi connectivity index (χ3n) is 1.12. The number of likely N-dealkylation sites (N-methyl/N-ethyl adjacent to an activating group) is 1. The van der Waals surface area contributed by atoms with Gasteiger partial charge in [-0.05, 0) is 6.92 Å². The van der Waals surface area contributed by atoms with E-state index in [1.165, 1.54) is 12.2 Å². The van der Waals surface area contributed by atoms with Crippen molar-refractivity contribution < 1.29 is 18.8 Å². The maximum absolute atomic E-state index is 11.1. The minimum atomic E-state index is -0.610. The average molecular weight is 186 g/mol. The summed E-state index contributed by atoms with van der Waals surface area (Å²) in [6, 6.07) is 0. The van der Waals surface area contributed by atoms with E-state index in [1.807, 2.05) is 21.1 Å². The molecule has 0 fully saturated rings. The second-order valence-corrected chi connectivity index (χ2v) is 3.74. The zero-order valence-corrected chi connectivity index (χ0v) is 8.53. The first-order valence-corrected chi connectivity index (χ1v) is 4.03. The molecule has 0 aliphatic carbocycles. The minimum Gasteiger partial charge on any atom is -0.386 e. The van der Waals surface area contributed by atoms with Crippen LogP contribution in [-0.4, -0.2) is 44.1 Å². The smallest absolute Gasteiger partial charge is 0.369 e. The first-order valence-electron chi connectivity index (χ1n) is 4.03. The first-order chi connectivity index (χ1) is 5.85. The molecule has 0 aromatic carbocycles. The lowest BCUT2D eigenvalue weighted by Crippen LogP contribution is -2.40. The molecule has 0 aromatic heterocycles. The lowest BCUT2D eigenvalue weighted by atomic mass is 10.5. The number of ether oxygens (including phenoxy) is 1. The van der Waals surface area contributed by atoms with Crippen molar-refractivity contribution in [2.75, 3.05) is 27.7 Å². The van der Waals surface area contributed by atoms with Gasteiger partial charge in [0.15, 0.2) is 6.54 Å². The Kier molecular flexibility index (Phi) is 4.34. The second-order valence-electron chi connectivity index (χ2n) is 3.74. The number of esters is 2. The van der Waals surface area contributed by atoms with Crippen molar-refractivity contribution >= 4 is 11.9 Å². The Hall–Kier alpha value is -1.16. The van der Waals surface area contributed by atoms with Gasteiger partial charge in [-0.1, -0.05) is 6.08 Å². The van der Waals surface area contributed by atoms with Gasteiger partial charge in [0.1, 0.15) is 0 Å². The van der Waals surface area contributed by atoms with Crippen LogP contribution in [0.2, 0.25) is 0 Å². The molecular formula is C9H16NO3+. The molecule has 0 N–H and O–H groups in total. The topological polar surface area (TPSA) is 43.4 Å². The highest BCUT2D eigenvalue weighted by molar-refractivity contribution is 5.92. The molecule has 0 rings (SSSR count). The standard InChI is InChI=1S/C9H16NO3/c1-5-6-8(11)13-9(12)7-10(2,3)4/h5-6H,7H2,1-4H3/q+1/b6-5+. The van der Waals surface area contributed by atoms with E-state index in [2.05, 4.69) is 4.74 Å². The van der Waals surface area contributed by atoms with Crippen LogP contribution in [0.5, 0.6) is 0 Å². The van der Waals surface area contributed by atoms with Crippen LogP contribution in [0.3, 0.4) is 0 Å². The number of carbonyl (C=O) groups excluding carboxylic acids is 2. The van der Waals surface area contributed by atoms with Crippen molar-refractivity contribution in [3.63, 3.8) is 0 Å². The van der Waals surface area contributed by atoms with Crippen LogP contribution in [0.15, 0.2) is 12.2 Å². The first kappa shape index (κ1) is 11.8. The molecule has 4 nitrogen and oxygen atoms in total. The van der Waals surface area contributed by atoms with Crippen LogP contribution in [0.25, 0.3) is 0 Å². The molecule has 0 saturated carbocycles. The molecule has 0 radical (unpaired) electrons. The van der Waals surface area contributed by atoms with Gasteiger partial charge in [0, 0.05) is 6.08 Å². The van der Waals surface area contributed by atoms with Crippen molar-refractivity contribution in [3.8, 4) is 0 Å². The van der Waals surface area contributed by atoms with Crippen LogP contribution >= 0.6 is 0 Å². The van der Waals surface area contributed by atoms with Gasteiger partial charge in [-0.2, -0.15) is 0 Å². The molecule has 74 valence electrons. The monoisotopic (exact) mass is 186 g/mol. The van der Waals surface area contributed by atoms with Crippen LogP contribution in [0, 0.1) is 0 Å². The predicted molar refractivity (Wildman–Crippen MR) is 48.8 cm³/mol. The molecule has 4 heteroatoms. The molecule has 13 heavy (non-hydrogen) atoms. The summed E-state index contributed by atoms with van der Waals surface area (Å²) in [5, 5.41) is 0. The molecule has 0 heterocycles. The number of hydrogen-bond donors (Lipinski definition) is 0. The molecule has 0 bridgehead atoms. The van der Waals surface area contributed by atoms with Gasteiger partial charge in [0.05, 0.1) is 21.1 Å². The number of carbonyl (C=O) groups is 2. The SMILES string of the molecule is C/C=C/C(=O)OC(=O)C[N+](C)(C)C. The number of allylic oxidation sites excluding steroid dienone is 1. The summed E-state index contributed by atoms with van der Waals surface area (Å²) in [7, 11) is 5.55. The van der Waals surface area contributed by atoms with E-state index >= 15 is 0 Å². The summed E-state index contributed by atoms with van der Waals surface area (Å²) >= 11 is 0. The van der Waals surface area contributed by atoms with E-state index < -0.39 is 11.9 Å². The summed E-state index contributed by atoms with van der Waals surface area (Å²) in [4.78, 5) is 21.9. The lowest BCUT2D eigenvalue weighted by molar-refractivity contribution is -0.862. The van der Waals surface area contributed by atoms with Crippen LogP contribution in [0.1, 0.15) is 6.92 Å². The molecule has 0 amide bonds. The van der Waals surface area contributed by atoms with Gasteiger partial charge < -0.3 is 9.22 Å². The van der Waals surface area contributed by atoms with Crippen LogP contribution in [0.4, 0.5) is 0 Å². The molecule has 0 spiro atoms. The summed E-state index contributed by atoms with van der Waals surface area (Å²) in [6.07, 6.45) is 2.75. The van der Waals surface area contributed by atoms with E-state index in [0.717, 1.165) is 0 Å². The Morgan fingerprint density at radius 2 is 1.85 bits per heavy atom. The average Bonchev–Trinajstić information content (AvgIpc) is 1.81. The Morgan fingerprint density at radius 3 is 2.23 bits per heavy atom. The molecular weight excluding hydrogens is 170 g/mol. The maximum atomic E-state index is 11.1. The van der Waals surface area contributed by atoms with Crippen LogP contribution < -0.4 is 0 Å². The highest BCUT2D eigenvalue weighted by Crippen LogP contribution is 1.92. The van der Waals surface area contributed by atoms with E-state index in [0.29, 0.717) is 4.48 Å². The quantitative estimate of drug-likeness (QED) is 0.276. The normalized spacial score (nSPS) is 11.7. The fourth-order valence-electron chi connectivity index (χ4n) is 0.702. The molecule has 0 aliphatic heterocycles. The van der Waals surface area contributed by atoms with Gasteiger partial charge in [-0.25, -0.2) is 9.59 Å². The van der Waals surface area contributed by atoms with Gasteiger partial charge in [0.25, 0.3) is 0 Å². The third kappa shape index (κ3) is 7.21. The van der Waals surface area contributed by atoms with Crippen molar-refractivity contribution in [1.82, 2.24) is 0 Å². The summed E-state index contributed by atoms with van der Waals surface area (Å²) in [5.41, 5.74) is 0. The zero-order chi connectivity index (χ0) is 10.5. The van der Waals surface area contributed by atoms with Crippen molar-refractivity contribution in [2.24, 2.45) is 0 Å². The minimum absolute atomic E-state index is 0.184. The van der Waals surface area contributed by atoms with Gasteiger partial charge in [-0.15, -0.1) is 0 Å². The lowest BCUT2D eigenvalue weighted by Gasteiger charge is -2.21. The Morgan fingerprint density at radius 1 is 1.31 bits per heavy atom. The van der Waals surface area contributed by atoms with Gasteiger partial charge in [-0.3, -0.25) is 0 Å². The van der Waals surface area contributed by atoms with Crippen LogP contribution in [-0.2, 0) is 14.3 Å². The van der Waals surface area contributed by atoms with E-state index in [1.54, 1.807) is 6.92 Å². The molecule has 0 aromatic rings. The third-order valence-corrected chi connectivity index (χ3v) is 1.12. The molecule has 0 unspecified atom stereocenters. The fraction of sp³-hybridized carbons (Fsp3) is 0.556. The number of hydrogen-bond acceptors (Lipinski definition) is 3. The summed E-state index contributed by atoms with van der Waals surface area (Å²) < 4.78 is 4.93. The summed E-state index contributed by atoms with van der Waals surface area (Å²) in [5.74, 6) is -1.11. The van der Waals surface area contributed by atoms with Crippen molar-refractivity contribution in [3.05, 3.63) is 12.2 Å². The van der Waals surface area contributed by atoms with Crippen molar-refractivity contribution in [1.29, 1.82) is 0 Å². The molecule has 0 atom stereocenters. The van der Waals surface area contributed by atoms with E-state index in [-0.39, 0.29) is 6.54 Å². The van der Waals surface area contributed by atoms with Gasteiger partial charge in [0.2, 0.25) is 0 Å². The van der Waals surface area contributed by atoms with Gasteiger partial charge >= 0.3 is 11.9 Å². The highest BCUT2D eigenvalue weighted by Gasteiger charge is 2.17. The Balaban J connectivity index is 3.96. The number of rotatable bonds is 3. The second kappa shape index (κ2) is 4.77. The van der Waals surface area contributed by atoms with Crippen molar-refractivity contribution in [2.45, 2.75) is 6.92 Å². The largest absolute Gasteiger partial charge is 0.386 e. The Labute approximate surface area is 78.4 Å². The molecule has 0 saturated heterocycles. The molecule has 0 aliphatic rings. The van der Waals surface area contributed by atoms with E-state index in [4.69, 9.17) is 0 Å². The fourth-order valence-corrected chi connectivity index (χ4v) is 0.702. The maximum Gasteiger partial charge on any atom is 0.369 e. The predicted octanol–water partition coefficient (Wildman–Crippen LogP) is 0.338.